The van der Waals surface area contributed by atoms with Gasteiger partial charge in [-0.1, -0.05) is 0 Å². The Morgan fingerprint density at radius 1 is 1.15 bits per heavy atom. The number of nitrogens with zero attached hydrogens (tertiary/aromatic N) is 3. The van der Waals surface area contributed by atoms with Crippen molar-refractivity contribution in [2.45, 2.75) is 82.9 Å². The Balaban J connectivity index is 1.63. The monoisotopic (exact) mass is 391 g/mol. The Bertz CT molecular complexity index is 665. The highest BCUT2D eigenvalue weighted by Crippen LogP contribution is 2.41. The normalized spacial score (nSPS) is 26.6. The number of rotatable bonds is 3. The molecule has 7 nitrogen and oxygen atoms in total. The molecule has 2 fully saturated rings. The van der Waals surface area contributed by atoms with Gasteiger partial charge in [0.25, 0.3) is 0 Å². The van der Waals surface area contributed by atoms with E-state index >= 15 is 0 Å². The molecule has 1 aliphatic heterocycles. The van der Waals surface area contributed by atoms with Gasteiger partial charge in [0.15, 0.2) is 0 Å². The van der Waals surface area contributed by atoms with Gasteiger partial charge in [0.2, 0.25) is 11.8 Å². The van der Waals surface area contributed by atoms with Gasteiger partial charge in [-0.2, -0.15) is 0 Å². The van der Waals surface area contributed by atoms with Crippen LogP contribution in [0.3, 0.4) is 0 Å². The molecule has 2 heterocycles. The highest BCUT2D eigenvalue weighted by Gasteiger charge is 2.43. The number of ether oxygens (including phenoxy) is 2. The molecule has 1 aromatic rings. The number of likely N-dealkylation sites (tertiary alicyclic amines) is 1. The van der Waals surface area contributed by atoms with Crippen molar-refractivity contribution in [2.24, 2.45) is 0 Å². The molecule has 1 saturated carbocycles. The third-order valence-electron chi connectivity index (χ3n) is 4.62. The quantitative estimate of drug-likeness (QED) is 0.764. The molecule has 1 aromatic heterocycles. The van der Waals surface area contributed by atoms with Gasteiger partial charge in [0.1, 0.15) is 11.6 Å². The van der Waals surface area contributed by atoms with Crippen LogP contribution in [-0.2, 0) is 9.47 Å². The summed E-state index contributed by atoms with van der Waals surface area (Å²) in [5.74, 6) is 0.342. The predicted octanol–water partition coefficient (Wildman–Crippen LogP) is 4.31. The zero-order valence-electron chi connectivity index (χ0n) is 15.6. The summed E-state index contributed by atoms with van der Waals surface area (Å²) in [6.45, 7) is 5.92. The molecule has 27 heavy (non-hydrogen) atoms. The Hall–Kier alpha value is -1.84. The lowest BCUT2D eigenvalue weighted by molar-refractivity contribution is -0.352. The van der Waals surface area contributed by atoms with Crippen LogP contribution in [0.25, 0.3) is 0 Å². The van der Waals surface area contributed by atoms with Crippen molar-refractivity contribution in [3.63, 3.8) is 0 Å². The average Bonchev–Trinajstić information content (AvgIpc) is 2.97. The van der Waals surface area contributed by atoms with Gasteiger partial charge in [-0.15, -0.1) is 23.4 Å². The fourth-order valence-electron chi connectivity index (χ4n) is 3.33. The number of alkyl halides is 3. The van der Waals surface area contributed by atoms with Crippen LogP contribution in [-0.4, -0.2) is 45.8 Å². The van der Waals surface area contributed by atoms with Gasteiger partial charge in [-0.25, -0.2) is 4.79 Å². The van der Waals surface area contributed by atoms with E-state index in [9.17, 15) is 18.0 Å². The predicted molar refractivity (Wildman–Crippen MR) is 86.7 cm³/mol. The van der Waals surface area contributed by atoms with Gasteiger partial charge in [0, 0.05) is 12.5 Å². The van der Waals surface area contributed by atoms with Gasteiger partial charge < -0.3 is 9.15 Å². The van der Waals surface area contributed by atoms with E-state index in [0.717, 1.165) is 12.8 Å². The molecule has 0 aromatic carbocycles. The number of amides is 1. The molecular weight excluding hydrogens is 367 g/mol. The molecule has 0 bridgehead atoms. The summed E-state index contributed by atoms with van der Waals surface area (Å²) in [4.78, 5) is 14.1. The molecule has 1 atom stereocenters. The second kappa shape index (κ2) is 7.29. The van der Waals surface area contributed by atoms with Crippen LogP contribution in [0, 0.1) is 0 Å². The number of hydrogen-bond acceptors (Lipinski definition) is 6. The van der Waals surface area contributed by atoms with Crippen molar-refractivity contribution in [1.29, 1.82) is 0 Å². The van der Waals surface area contributed by atoms with Gasteiger partial charge in [-0.05, 0) is 52.9 Å². The van der Waals surface area contributed by atoms with Crippen molar-refractivity contribution in [3.05, 3.63) is 11.8 Å². The van der Waals surface area contributed by atoms with Gasteiger partial charge >= 0.3 is 12.5 Å². The molecule has 1 aliphatic carbocycles. The zero-order chi connectivity index (χ0) is 19.8. The molecule has 1 amide bonds. The maximum Gasteiger partial charge on any atom is 0.522 e. The Morgan fingerprint density at radius 2 is 1.81 bits per heavy atom. The van der Waals surface area contributed by atoms with Crippen LogP contribution in [0.1, 0.15) is 76.6 Å². The van der Waals surface area contributed by atoms with E-state index in [-0.39, 0.29) is 24.8 Å². The molecule has 3 rings (SSSR count). The Labute approximate surface area is 155 Å². The van der Waals surface area contributed by atoms with Gasteiger partial charge in [-0.3, -0.25) is 9.64 Å². The van der Waals surface area contributed by atoms with E-state index in [4.69, 9.17) is 9.15 Å². The summed E-state index contributed by atoms with van der Waals surface area (Å²) < 4.78 is 51.8. The molecule has 0 N–H and O–H groups in total. The molecule has 1 unspecified atom stereocenters. The van der Waals surface area contributed by atoms with E-state index in [1.165, 1.54) is 0 Å². The van der Waals surface area contributed by atoms with Crippen LogP contribution < -0.4 is 0 Å². The first-order chi connectivity index (χ1) is 12.5. The molecule has 2 aliphatic rings. The highest BCUT2D eigenvalue weighted by atomic mass is 19.4. The van der Waals surface area contributed by atoms with Crippen LogP contribution >= 0.6 is 0 Å². The molecule has 0 radical (unpaired) electrons. The summed E-state index contributed by atoms with van der Waals surface area (Å²) in [6.07, 6.45) is -3.14. The lowest BCUT2D eigenvalue weighted by Crippen LogP contribution is -2.42. The van der Waals surface area contributed by atoms with E-state index in [1.807, 2.05) is 0 Å². The first-order valence-corrected chi connectivity index (χ1v) is 9.09. The smallest absolute Gasteiger partial charge is 0.444 e. The maximum atomic E-state index is 12.5. The Morgan fingerprint density at radius 3 is 2.44 bits per heavy atom. The first-order valence-electron chi connectivity index (χ1n) is 9.09. The standard InChI is InChI=1S/C17H24F3N3O4/c1-16(2,3)27-15(24)23-7-5-4-6-12(23)14-22-21-13(25-14)10-8-11(9-10)26-17(18,19)20/h10-12H,4-9H2,1-3H3. The van der Waals surface area contributed by atoms with Crippen LogP contribution in [0.2, 0.25) is 0 Å². The Kier molecular flexibility index (Phi) is 5.38. The minimum atomic E-state index is -4.63. The SMILES string of the molecule is CC(C)(C)OC(=O)N1CCCCC1c1nnc(C2CC(OC(F)(F)F)C2)o1. The lowest BCUT2D eigenvalue weighted by atomic mass is 9.82. The fraction of sp³-hybridized carbons (Fsp3) is 0.824. The van der Waals surface area contributed by atoms with E-state index in [1.54, 1.807) is 25.7 Å². The van der Waals surface area contributed by atoms with Crippen molar-refractivity contribution in [2.75, 3.05) is 6.54 Å². The number of halogens is 3. The van der Waals surface area contributed by atoms with Crippen LogP contribution in [0.15, 0.2) is 4.42 Å². The van der Waals surface area contributed by atoms with E-state index < -0.39 is 24.2 Å². The number of carbonyl (C=O) groups is 1. The van der Waals surface area contributed by atoms with Crippen molar-refractivity contribution in [1.82, 2.24) is 15.1 Å². The summed E-state index contributed by atoms with van der Waals surface area (Å²) in [5.41, 5.74) is -0.613. The second-order valence-electron chi connectivity index (χ2n) is 8.02. The minimum absolute atomic E-state index is 0.182. The summed E-state index contributed by atoms with van der Waals surface area (Å²) >= 11 is 0. The highest BCUT2D eigenvalue weighted by molar-refractivity contribution is 5.68. The topological polar surface area (TPSA) is 77.7 Å². The number of piperidine rings is 1. The number of aromatic nitrogens is 2. The second-order valence-corrected chi connectivity index (χ2v) is 8.02. The van der Waals surface area contributed by atoms with Gasteiger partial charge in [0.05, 0.1) is 6.10 Å². The zero-order valence-corrected chi connectivity index (χ0v) is 15.6. The van der Waals surface area contributed by atoms with Crippen molar-refractivity contribution in [3.8, 4) is 0 Å². The summed E-state index contributed by atoms with van der Waals surface area (Å²) in [7, 11) is 0. The van der Waals surface area contributed by atoms with Crippen LogP contribution in [0.5, 0.6) is 0 Å². The lowest BCUT2D eigenvalue weighted by Gasteiger charge is -2.35. The van der Waals surface area contributed by atoms with E-state index in [2.05, 4.69) is 14.9 Å². The molecular formula is C17H24F3N3O4. The summed E-state index contributed by atoms with van der Waals surface area (Å²) in [5, 5.41) is 8.02. The molecule has 1 saturated heterocycles. The number of carbonyl (C=O) groups excluding carboxylic acids is 1. The molecule has 152 valence electrons. The third-order valence-corrected chi connectivity index (χ3v) is 4.62. The third kappa shape index (κ3) is 5.12. The fourth-order valence-corrected chi connectivity index (χ4v) is 3.33. The maximum absolute atomic E-state index is 12.5. The van der Waals surface area contributed by atoms with Crippen molar-refractivity contribution < 1.29 is 31.9 Å². The van der Waals surface area contributed by atoms with Crippen molar-refractivity contribution >= 4 is 6.09 Å². The van der Waals surface area contributed by atoms with Crippen LogP contribution in [0.4, 0.5) is 18.0 Å². The van der Waals surface area contributed by atoms with E-state index in [0.29, 0.717) is 24.7 Å². The average molecular weight is 391 g/mol. The minimum Gasteiger partial charge on any atom is -0.444 e. The molecule has 10 heteroatoms. The largest absolute Gasteiger partial charge is 0.522 e. The summed E-state index contributed by atoms with van der Waals surface area (Å²) in [6, 6.07) is -0.378. The first kappa shape index (κ1) is 19.9. The molecule has 0 spiro atoms. The number of hydrogen-bond donors (Lipinski definition) is 0.